The lowest BCUT2D eigenvalue weighted by Crippen LogP contribution is -2.03. The molecular weight excluding hydrogens is 699 g/mol. The summed E-state index contributed by atoms with van der Waals surface area (Å²) >= 11 is 0. The molecule has 0 atom stereocenters. The summed E-state index contributed by atoms with van der Waals surface area (Å²) in [5.74, 6) is 2.31. The van der Waals surface area contributed by atoms with E-state index in [4.69, 9.17) is 19.4 Å². The SMILES string of the molecule is c1ccc(-c2nc3c(-c4ccccc4)cc(-c4cc(-n5c(-c6ccccc6)nc6ccccc65)cc(-n5c(-c6ccccc6)nc6ccccc65)c4)cc3o2)cc1. The van der Waals surface area contributed by atoms with Crippen LogP contribution in [-0.2, 0) is 0 Å². The minimum atomic E-state index is 0.587. The first-order valence-electron chi connectivity index (χ1n) is 19.0. The molecule has 0 aliphatic rings. The van der Waals surface area contributed by atoms with Crippen LogP contribution < -0.4 is 0 Å². The van der Waals surface area contributed by atoms with E-state index in [0.29, 0.717) is 11.5 Å². The van der Waals surface area contributed by atoms with E-state index in [1.54, 1.807) is 0 Å². The Kier molecular flexibility index (Phi) is 7.71. The summed E-state index contributed by atoms with van der Waals surface area (Å²) in [5.41, 5.74) is 14.4. The van der Waals surface area contributed by atoms with Crippen LogP contribution in [0.15, 0.2) is 205 Å². The van der Waals surface area contributed by atoms with Gasteiger partial charge in [0.15, 0.2) is 5.58 Å². The quantitative estimate of drug-likeness (QED) is 0.164. The number of aromatic nitrogens is 5. The fraction of sp³-hybridized carbons (Fsp3) is 0. The molecule has 8 aromatic carbocycles. The second kappa shape index (κ2) is 13.5. The lowest BCUT2D eigenvalue weighted by Gasteiger charge is -2.17. The minimum absolute atomic E-state index is 0.587. The van der Waals surface area contributed by atoms with Crippen LogP contribution >= 0.6 is 0 Å². The van der Waals surface area contributed by atoms with Crippen LogP contribution in [0.4, 0.5) is 0 Å². The Morgan fingerprint density at radius 3 is 1.32 bits per heavy atom. The highest BCUT2D eigenvalue weighted by Crippen LogP contribution is 2.40. The highest BCUT2D eigenvalue weighted by atomic mass is 16.3. The van der Waals surface area contributed by atoms with Gasteiger partial charge in [0.05, 0.1) is 33.4 Å². The van der Waals surface area contributed by atoms with Crippen molar-refractivity contribution in [3.05, 3.63) is 200 Å². The average molecular weight is 732 g/mol. The maximum Gasteiger partial charge on any atom is 0.227 e. The molecule has 0 amide bonds. The van der Waals surface area contributed by atoms with E-state index in [1.807, 2.05) is 60.7 Å². The Balaban J connectivity index is 1.23. The molecule has 11 aromatic rings. The Labute approximate surface area is 328 Å². The zero-order valence-corrected chi connectivity index (χ0v) is 30.7. The zero-order valence-electron chi connectivity index (χ0n) is 30.7. The van der Waals surface area contributed by atoms with Gasteiger partial charge in [-0.1, -0.05) is 133 Å². The molecule has 0 aliphatic heterocycles. The second-order valence-electron chi connectivity index (χ2n) is 14.1. The van der Waals surface area contributed by atoms with Gasteiger partial charge in [0.1, 0.15) is 17.2 Å². The normalized spacial score (nSPS) is 11.5. The van der Waals surface area contributed by atoms with E-state index in [-0.39, 0.29) is 0 Å². The lowest BCUT2D eigenvalue weighted by atomic mass is 9.97. The number of nitrogens with zero attached hydrogens (tertiary/aromatic N) is 5. The molecule has 6 nitrogen and oxygen atoms in total. The van der Waals surface area contributed by atoms with Crippen molar-refractivity contribution in [3.8, 4) is 67.9 Å². The fourth-order valence-electron chi connectivity index (χ4n) is 7.89. The van der Waals surface area contributed by atoms with Gasteiger partial charge in [-0.25, -0.2) is 15.0 Å². The van der Waals surface area contributed by atoms with Crippen molar-refractivity contribution in [3.63, 3.8) is 0 Å². The van der Waals surface area contributed by atoms with E-state index in [9.17, 15) is 0 Å². The first-order valence-corrected chi connectivity index (χ1v) is 19.0. The lowest BCUT2D eigenvalue weighted by molar-refractivity contribution is 0.620. The number of hydrogen-bond acceptors (Lipinski definition) is 4. The molecule has 11 rings (SSSR count). The van der Waals surface area contributed by atoms with Crippen molar-refractivity contribution in [2.24, 2.45) is 0 Å². The van der Waals surface area contributed by atoms with Crippen molar-refractivity contribution in [1.29, 1.82) is 0 Å². The molecule has 0 radical (unpaired) electrons. The molecule has 57 heavy (non-hydrogen) atoms. The summed E-state index contributed by atoms with van der Waals surface area (Å²) in [5, 5.41) is 0. The molecule has 0 saturated carbocycles. The molecule has 3 aromatic heterocycles. The Hall–Kier alpha value is -7.83. The predicted molar refractivity (Wildman–Crippen MR) is 230 cm³/mol. The average Bonchev–Trinajstić information content (AvgIpc) is 4.01. The summed E-state index contributed by atoms with van der Waals surface area (Å²) in [6.07, 6.45) is 0. The van der Waals surface area contributed by atoms with Crippen LogP contribution in [0, 0.1) is 0 Å². The van der Waals surface area contributed by atoms with Gasteiger partial charge in [-0.05, 0) is 83.4 Å². The maximum atomic E-state index is 6.61. The van der Waals surface area contributed by atoms with Crippen LogP contribution in [0.5, 0.6) is 0 Å². The van der Waals surface area contributed by atoms with Crippen molar-refractivity contribution in [2.75, 3.05) is 0 Å². The Morgan fingerprint density at radius 2 is 0.789 bits per heavy atom. The van der Waals surface area contributed by atoms with E-state index >= 15 is 0 Å². The first-order chi connectivity index (χ1) is 28.2. The van der Waals surface area contributed by atoms with Gasteiger partial charge in [-0.2, -0.15) is 0 Å². The van der Waals surface area contributed by atoms with Crippen molar-refractivity contribution < 1.29 is 4.42 Å². The summed E-state index contributed by atoms with van der Waals surface area (Å²) in [4.78, 5) is 15.5. The molecule has 0 N–H and O–H groups in total. The van der Waals surface area contributed by atoms with Gasteiger partial charge < -0.3 is 4.42 Å². The Morgan fingerprint density at radius 1 is 0.351 bits per heavy atom. The molecule has 3 heterocycles. The minimum Gasteiger partial charge on any atom is -0.436 e. The van der Waals surface area contributed by atoms with Crippen LogP contribution in [0.3, 0.4) is 0 Å². The Bertz CT molecular complexity index is 3080. The molecule has 0 aliphatic carbocycles. The van der Waals surface area contributed by atoms with Gasteiger partial charge >= 0.3 is 0 Å². The third-order valence-corrected chi connectivity index (χ3v) is 10.5. The molecule has 268 valence electrons. The van der Waals surface area contributed by atoms with E-state index in [1.165, 1.54) is 0 Å². The molecule has 0 spiro atoms. The number of oxazole rings is 1. The van der Waals surface area contributed by atoms with Crippen molar-refractivity contribution in [1.82, 2.24) is 24.1 Å². The third-order valence-electron chi connectivity index (χ3n) is 10.5. The van der Waals surface area contributed by atoms with E-state index in [0.717, 1.165) is 89.6 Å². The van der Waals surface area contributed by atoms with Crippen LogP contribution in [-0.4, -0.2) is 24.1 Å². The predicted octanol–water partition coefficient (Wildman–Crippen LogP) is 12.8. The molecule has 0 unspecified atom stereocenters. The summed E-state index contributed by atoms with van der Waals surface area (Å²) in [7, 11) is 0. The number of imidazole rings is 2. The standard InChI is InChI=1S/C51H33N5O/c1-5-17-34(18-6-1)42-31-39(32-47-48(42)54-51(57-47)37-23-11-4-12-24-37)38-29-40(55-45-27-15-13-25-43(45)52-49(55)35-19-7-2-8-20-35)33-41(30-38)56-46-28-16-14-26-44(46)53-50(56)36-21-9-3-10-22-36/h1-33H. The number of hydrogen-bond donors (Lipinski definition) is 0. The van der Waals surface area contributed by atoms with Gasteiger partial charge in [-0.15, -0.1) is 0 Å². The van der Waals surface area contributed by atoms with Crippen molar-refractivity contribution in [2.45, 2.75) is 0 Å². The second-order valence-corrected chi connectivity index (χ2v) is 14.1. The molecule has 0 bridgehead atoms. The van der Waals surface area contributed by atoms with Crippen LogP contribution in [0.25, 0.3) is 101 Å². The van der Waals surface area contributed by atoms with E-state index < -0.39 is 0 Å². The summed E-state index contributed by atoms with van der Waals surface area (Å²) < 4.78 is 11.2. The highest BCUT2D eigenvalue weighted by Gasteiger charge is 2.21. The van der Waals surface area contributed by atoms with E-state index in [2.05, 4.69) is 149 Å². The first kappa shape index (κ1) is 32.6. The fourth-order valence-corrected chi connectivity index (χ4v) is 7.89. The van der Waals surface area contributed by atoms with Gasteiger partial charge in [0.25, 0.3) is 0 Å². The monoisotopic (exact) mass is 731 g/mol. The number of para-hydroxylation sites is 4. The highest BCUT2D eigenvalue weighted by molar-refractivity contribution is 5.97. The van der Waals surface area contributed by atoms with Crippen LogP contribution in [0.1, 0.15) is 0 Å². The number of benzene rings is 8. The van der Waals surface area contributed by atoms with Crippen LogP contribution in [0.2, 0.25) is 0 Å². The maximum absolute atomic E-state index is 6.61. The molecule has 6 heteroatoms. The third kappa shape index (κ3) is 5.70. The molecular formula is C51H33N5O. The number of rotatable bonds is 7. The summed E-state index contributed by atoms with van der Waals surface area (Å²) in [6.45, 7) is 0. The van der Waals surface area contributed by atoms with Gasteiger partial charge in [-0.3, -0.25) is 9.13 Å². The zero-order chi connectivity index (χ0) is 37.7. The molecule has 0 saturated heterocycles. The molecule has 0 fully saturated rings. The van der Waals surface area contributed by atoms with Crippen molar-refractivity contribution >= 4 is 33.2 Å². The van der Waals surface area contributed by atoms with Gasteiger partial charge in [0.2, 0.25) is 5.89 Å². The number of fused-ring (bicyclic) bond motifs is 3. The summed E-state index contributed by atoms with van der Waals surface area (Å²) in [6, 6.07) is 69.1. The largest absolute Gasteiger partial charge is 0.436 e. The smallest absolute Gasteiger partial charge is 0.227 e. The van der Waals surface area contributed by atoms with Gasteiger partial charge in [0, 0.05) is 22.3 Å². The topological polar surface area (TPSA) is 61.7 Å².